The normalized spacial score (nSPS) is 17.2. The third-order valence-electron chi connectivity index (χ3n) is 4.67. The Balaban J connectivity index is 1.77. The summed E-state index contributed by atoms with van der Waals surface area (Å²) in [6, 6.07) is 9.01. The second kappa shape index (κ2) is 5.65. The second-order valence-corrected chi connectivity index (χ2v) is 6.11. The number of nitrogens with zero attached hydrogens (tertiary/aromatic N) is 4. The Morgan fingerprint density at radius 3 is 3.00 bits per heavy atom. The monoisotopic (exact) mass is 307 g/mol. The van der Waals surface area contributed by atoms with E-state index in [0.29, 0.717) is 6.04 Å². The maximum absolute atomic E-state index is 4.58. The molecule has 0 saturated heterocycles. The molecule has 1 aliphatic carbocycles. The molecule has 2 heterocycles. The van der Waals surface area contributed by atoms with Crippen LogP contribution < -0.4 is 5.32 Å². The Morgan fingerprint density at radius 1 is 1.26 bits per heavy atom. The van der Waals surface area contributed by atoms with Gasteiger partial charge in [-0.05, 0) is 44.2 Å². The fraction of sp³-hybridized carbons (Fsp3) is 0.389. The van der Waals surface area contributed by atoms with Crippen LogP contribution in [0.25, 0.3) is 11.0 Å². The van der Waals surface area contributed by atoms with E-state index in [9.17, 15) is 0 Å². The summed E-state index contributed by atoms with van der Waals surface area (Å²) in [6.45, 7) is 4.91. The van der Waals surface area contributed by atoms with E-state index >= 15 is 0 Å². The van der Waals surface area contributed by atoms with Crippen molar-refractivity contribution in [1.29, 1.82) is 0 Å². The van der Waals surface area contributed by atoms with Crippen LogP contribution in [0.1, 0.15) is 42.6 Å². The molecule has 0 amide bonds. The number of aryl methyl sites for hydroxylation is 3. The summed E-state index contributed by atoms with van der Waals surface area (Å²) >= 11 is 0. The summed E-state index contributed by atoms with van der Waals surface area (Å²) in [5.41, 5.74) is 5.74. The highest BCUT2D eigenvalue weighted by Crippen LogP contribution is 2.33. The van der Waals surface area contributed by atoms with Gasteiger partial charge in [0.1, 0.15) is 17.4 Å². The number of rotatable bonds is 3. The van der Waals surface area contributed by atoms with Crippen LogP contribution in [0, 0.1) is 6.92 Å². The van der Waals surface area contributed by atoms with Crippen LogP contribution in [0.4, 0.5) is 5.82 Å². The predicted molar refractivity (Wildman–Crippen MR) is 91.5 cm³/mol. The molecule has 0 saturated carbocycles. The minimum Gasteiger partial charge on any atom is -0.361 e. The summed E-state index contributed by atoms with van der Waals surface area (Å²) in [6.07, 6.45) is 5.13. The lowest BCUT2D eigenvalue weighted by Gasteiger charge is -2.27. The summed E-state index contributed by atoms with van der Waals surface area (Å²) in [7, 11) is 0. The molecule has 0 radical (unpaired) electrons. The molecule has 0 fully saturated rings. The smallest absolute Gasteiger partial charge is 0.156 e. The van der Waals surface area contributed by atoms with Gasteiger partial charge >= 0.3 is 0 Å². The van der Waals surface area contributed by atoms with Gasteiger partial charge in [0.25, 0.3) is 0 Å². The molecular weight excluding hydrogens is 286 g/mol. The van der Waals surface area contributed by atoms with Crippen LogP contribution >= 0.6 is 0 Å². The Labute approximate surface area is 135 Å². The van der Waals surface area contributed by atoms with Crippen molar-refractivity contribution in [3.63, 3.8) is 0 Å². The van der Waals surface area contributed by atoms with E-state index in [1.54, 1.807) is 6.33 Å². The Bertz CT molecular complexity index is 852. The van der Waals surface area contributed by atoms with Gasteiger partial charge < -0.3 is 5.32 Å². The zero-order valence-electron chi connectivity index (χ0n) is 13.6. The molecule has 5 nitrogen and oxygen atoms in total. The molecule has 23 heavy (non-hydrogen) atoms. The molecule has 5 heteroatoms. The molecule has 2 aromatic heterocycles. The topological polar surface area (TPSA) is 55.6 Å². The first-order chi connectivity index (χ1) is 11.3. The summed E-state index contributed by atoms with van der Waals surface area (Å²) < 4.78 is 1.99. The highest BCUT2D eigenvalue weighted by Gasteiger charge is 2.22. The molecule has 1 aliphatic rings. The van der Waals surface area contributed by atoms with E-state index < -0.39 is 0 Å². The maximum atomic E-state index is 4.58. The predicted octanol–water partition coefficient (Wildman–Crippen LogP) is 3.64. The van der Waals surface area contributed by atoms with E-state index in [1.165, 1.54) is 24.0 Å². The molecular formula is C18H21N5. The van der Waals surface area contributed by atoms with E-state index in [4.69, 9.17) is 0 Å². The average molecular weight is 307 g/mol. The van der Waals surface area contributed by atoms with Crippen molar-refractivity contribution in [2.24, 2.45) is 0 Å². The summed E-state index contributed by atoms with van der Waals surface area (Å²) in [4.78, 5) is 8.93. The van der Waals surface area contributed by atoms with Crippen molar-refractivity contribution in [2.45, 2.75) is 45.7 Å². The van der Waals surface area contributed by atoms with Gasteiger partial charge in [0.15, 0.2) is 5.82 Å². The summed E-state index contributed by atoms with van der Waals surface area (Å²) in [5.74, 6) is 0.888. The maximum Gasteiger partial charge on any atom is 0.156 e. The van der Waals surface area contributed by atoms with Crippen molar-refractivity contribution in [2.75, 3.05) is 5.32 Å². The van der Waals surface area contributed by atoms with Crippen molar-refractivity contribution < 1.29 is 0 Å². The number of aromatic nitrogens is 4. The first-order valence-corrected chi connectivity index (χ1v) is 8.30. The lowest BCUT2D eigenvalue weighted by Crippen LogP contribution is -2.18. The number of benzene rings is 1. The third kappa shape index (κ3) is 2.36. The first kappa shape index (κ1) is 14.2. The van der Waals surface area contributed by atoms with Crippen LogP contribution in [-0.2, 0) is 13.0 Å². The largest absolute Gasteiger partial charge is 0.361 e. The van der Waals surface area contributed by atoms with Gasteiger partial charge in [-0.1, -0.05) is 24.3 Å². The van der Waals surface area contributed by atoms with E-state index in [0.717, 1.165) is 35.5 Å². The van der Waals surface area contributed by atoms with E-state index in [1.807, 2.05) is 11.6 Å². The second-order valence-electron chi connectivity index (χ2n) is 6.11. The van der Waals surface area contributed by atoms with Gasteiger partial charge in [0.2, 0.25) is 0 Å². The van der Waals surface area contributed by atoms with E-state index in [2.05, 4.69) is 51.6 Å². The molecule has 1 unspecified atom stereocenters. The van der Waals surface area contributed by atoms with Crippen LogP contribution in [0.2, 0.25) is 0 Å². The minimum absolute atomic E-state index is 0.304. The van der Waals surface area contributed by atoms with Crippen LogP contribution in [0.5, 0.6) is 0 Å². The molecule has 0 bridgehead atoms. The van der Waals surface area contributed by atoms with Crippen molar-refractivity contribution in [3.8, 4) is 0 Å². The van der Waals surface area contributed by atoms with Gasteiger partial charge in [-0.15, -0.1) is 0 Å². The Morgan fingerprint density at radius 2 is 2.13 bits per heavy atom. The molecule has 4 rings (SSSR count). The fourth-order valence-electron chi connectivity index (χ4n) is 3.57. The van der Waals surface area contributed by atoms with Crippen LogP contribution in [0.15, 0.2) is 30.6 Å². The highest BCUT2D eigenvalue weighted by molar-refractivity contribution is 5.87. The minimum atomic E-state index is 0.304. The van der Waals surface area contributed by atoms with E-state index in [-0.39, 0.29) is 0 Å². The van der Waals surface area contributed by atoms with Crippen molar-refractivity contribution in [3.05, 3.63) is 47.4 Å². The molecule has 1 aromatic carbocycles. The van der Waals surface area contributed by atoms with Gasteiger partial charge in [0, 0.05) is 6.54 Å². The number of hydrogen-bond donors (Lipinski definition) is 1. The highest BCUT2D eigenvalue weighted by atomic mass is 15.3. The fourth-order valence-corrected chi connectivity index (χ4v) is 3.57. The molecule has 1 atom stereocenters. The standard InChI is InChI=1S/C18H21N5/c1-3-23-17-16(12(2)22-23)19-11-20-18(17)21-15-10-6-8-13-7-4-5-9-14(13)15/h4-5,7,9,11,15H,3,6,8,10H2,1-2H3,(H,19,20,21). The van der Waals surface area contributed by atoms with Gasteiger partial charge in [-0.2, -0.15) is 5.10 Å². The SMILES string of the molecule is CCn1nc(C)c2ncnc(NC3CCCc4ccccc43)c21. The molecule has 3 aromatic rings. The lowest BCUT2D eigenvalue weighted by atomic mass is 9.88. The number of fused-ring (bicyclic) bond motifs is 2. The molecule has 118 valence electrons. The average Bonchev–Trinajstić information content (AvgIpc) is 2.93. The third-order valence-corrected chi connectivity index (χ3v) is 4.67. The zero-order chi connectivity index (χ0) is 15.8. The quantitative estimate of drug-likeness (QED) is 0.802. The summed E-state index contributed by atoms with van der Waals surface area (Å²) in [5, 5.41) is 8.24. The zero-order valence-corrected chi connectivity index (χ0v) is 13.6. The number of hydrogen-bond acceptors (Lipinski definition) is 4. The molecule has 0 aliphatic heterocycles. The molecule has 1 N–H and O–H groups in total. The van der Waals surface area contributed by atoms with Gasteiger partial charge in [-0.3, -0.25) is 4.68 Å². The lowest BCUT2D eigenvalue weighted by molar-refractivity contribution is 0.598. The van der Waals surface area contributed by atoms with Gasteiger partial charge in [0.05, 0.1) is 11.7 Å². The first-order valence-electron chi connectivity index (χ1n) is 8.30. The van der Waals surface area contributed by atoms with Crippen LogP contribution in [-0.4, -0.2) is 19.7 Å². The van der Waals surface area contributed by atoms with Crippen molar-refractivity contribution >= 4 is 16.9 Å². The number of nitrogens with one attached hydrogen (secondary N) is 1. The Hall–Kier alpha value is -2.43. The number of anilines is 1. The molecule has 0 spiro atoms. The van der Waals surface area contributed by atoms with Crippen LogP contribution in [0.3, 0.4) is 0 Å². The van der Waals surface area contributed by atoms with Crippen molar-refractivity contribution in [1.82, 2.24) is 19.7 Å². The Kier molecular flexibility index (Phi) is 3.48. The van der Waals surface area contributed by atoms with Gasteiger partial charge in [-0.25, -0.2) is 9.97 Å².